The molecule has 2 aromatic carbocycles. The van der Waals surface area contributed by atoms with Gasteiger partial charge in [0.2, 0.25) is 5.31 Å². The fourth-order valence-electron chi connectivity index (χ4n) is 4.18. The molecule has 0 N–H and O–H groups in total. The Morgan fingerprint density at radius 2 is 1.58 bits per heavy atom. The van der Waals surface area contributed by atoms with Gasteiger partial charge in [0, 0.05) is 6.08 Å². The van der Waals surface area contributed by atoms with Crippen LogP contribution in [0.15, 0.2) is 90.3 Å². The van der Waals surface area contributed by atoms with Crippen molar-refractivity contribution in [3.05, 3.63) is 96.4 Å². The number of carbonyl (C=O) groups excluding carboxylic acids is 1. The van der Waals surface area contributed by atoms with Crippen molar-refractivity contribution in [3.8, 4) is 0 Å². The highest BCUT2D eigenvalue weighted by Gasteiger charge is 2.48. The molecule has 3 rings (SSSR count). The van der Waals surface area contributed by atoms with Gasteiger partial charge in [-0.25, -0.2) is 0 Å². The highest BCUT2D eigenvalue weighted by atomic mass is 31.2. The molecule has 1 aliphatic rings. The molecule has 0 atom stereocenters. The van der Waals surface area contributed by atoms with E-state index in [2.05, 4.69) is 78.9 Å². The van der Waals surface area contributed by atoms with Crippen molar-refractivity contribution >= 4 is 23.8 Å². The minimum Gasteiger partial charge on any atom is -0.466 e. The quantitative estimate of drug-likeness (QED) is 0.193. The molecule has 0 spiro atoms. The third kappa shape index (κ3) is 5.40. The highest BCUT2D eigenvalue weighted by Crippen LogP contribution is 2.64. The number of esters is 1. The zero-order chi connectivity index (χ0) is 22.2. The van der Waals surface area contributed by atoms with Gasteiger partial charge in [-0.1, -0.05) is 36.4 Å². The van der Waals surface area contributed by atoms with E-state index < -0.39 is 12.7 Å². The molecule has 2 aromatic rings. The van der Waals surface area contributed by atoms with Crippen molar-refractivity contribution in [2.75, 3.05) is 12.8 Å². The summed E-state index contributed by atoms with van der Waals surface area (Å²) in [6.07, 6.45) is 15.7. The maximum absolute atomic E-state index is 12.3. The van der Waals surface area contributed by atoms with Gasteiger partial charge in [0.05, 0.1) is 30.3 Å². The van der Waals surface area contributed by atoms with E-state index in [4.69, 9.17) is 4.74 Å². The van der Waals surface area contributed by atoms with Crippen molar-refractivity contribution in [3.63, 3.8) is 0 Å². The Hall–Kier alpha value is -2.53. The maximum atomic E-state index is 12.3. The predicted molar refractivity (Wildman–Crippen MR) is 133 cm³/mol. The number of unbranched alkanes of at least 4 members (excludes halogenated alkanes) is 1. The molecule has 0 bridgehead atoms. The van der Waals surface area contributed by atoms with E-state index in [1.165, 1.54) is 15.9 Å². The maximum Gasteiger partial charge on any atom is 0.311 e. The van der Waals surface area contributed by atoms with Crippen LogP contribution >= 0.6 is 7.26 Å². The average Bonchev–Trinajstić information content (AvgIpc) is 2.81. The predicted octanol–water partition coefficient (Wildman–Crippen LogP) is 6.23. The van der Waals surface area contributed by atoms with Crippen LogP contribution in [0.2, 0.25) is 0 Å². The van der Waals surface area contributed by atoms with Gasteiger partial charge in [-0.2, -0.15) is 0 Å². The summed E-state index contributed by atoms with van der Waals surface area (Å²) in [5, 5.41) is 4.18. The number of allylic oxidation sites excluding steroid dienone is 6. The molecule has 31 heavy (non-hydrogen) atoms. The lowest BCUT2D eigenvalue weighted by Gasteiger charge is -2.27. The van der Waals surface area contributed by atoms with Crippen LogP contribution < -0.4 is 10.6 Å². The van der Waals surface area contributed by atoms with Gasteiger partial charge < -0.3 is 4.74 Å². The van der Waals surface area contributed by atoms with E-state index in [0.29, 0.717) is 6.61 Å². The summed E-state index contributed by atoms with van der Waals surface area (Å²) in [6.45, 7) is 6.29. The van der Waals surface area contributed by atoms with E-state index in [0.717, 1.165) is 25.4 Å². The molecule has 0 aromatic heterocycles. The van der Waals surface area contributed by atoms with Gasteiger partial charge in [0.1, 0.15) is 30.0 Å². The Morgan fingerprint density at radius 1 is 0.968 bits per heavy atom. The van der Waals surface area contributed by atoms with E-state index in [9.17, 15) is 4.79 Å². The molecule has 0 radical (unpaired) electrons. The molecule has 0 fully saturated rings. The summed E-state index contributed by atoms with van der Waals surface area (Å²) >= 11 is 0. The third-order valence-electron chi connectivity index (χ3n) is 5.91. The van der Waals surface area contributed by atoms with Crippen LogP contribution in [0.5, 0.6) is 0 Å². The summed E-state index contributed by atoms with van der Waals surface area (Å²) in [5.74, 6) is -0.0965. The first-order valence-electron chi connectivity index (χ1n) is 11.1. The number of rotatable bonds is 10. The number of hydrogen-bond acceptors (Lipinski definition) is 2. The Bertz CT molecular complexity index is 900. The van der Waals surface area contributed by atoms with Crippen molar-refractivity contribution < 1.29 is 9.53 Å². The van der Waals surface area contributed by atoms with Crippen LogP contribution in [0.1, 0.15) is 40.0 Å². The first kappa shape index (κ1) is 23.1. The summed E-state index contributed by atoms with van der Waals surface area (Å²) in [6, 6.07) is 21.9. The van der Waals surface area contributed by atoms with E-state index in [1.54, 1.807) is 0 Å². The van der Waals surface area contributed by atoms with Crippen LogP contribution in [-0.2, 0) is 9.53 Å². The molecule has 1 aliphatic carbocycles. The lowest BCUT2D eigenvalue weighted by atomic mass is 9.87. The lowest BCUT2D eigenvalue weighted by molar-refractivity contribution is -0.153. The molecule has 0 aliphatic heterocycles. The highest BCUT2D eigenvalue weighted by molar-refractivity contribution is 7.93. The van der Waals surface area contributed by atoms with E-state index >= 15 is 0 Å². The van der Waals surface area contributed by atoms with Crippen LogP contribution in [0, 0.1) is 11.5 Å². The SMILES string of the molecule is CCOC(=O)C(C)(C)CCCC[P+](C1=CC=[C+]C=C1)(c1ccccc1)c1ccccc1. The Kier molecular flexibility index (Phi) is 7.97. The molecule has 0 heterocycles. The number of hydrogen-bond donors (Lipinski definition) is 0. The monoisotopic (exact) mass is 432 g/mol. The fraction of sp³-hybridized carbons (Fsp3) is 0.321. The smallest absolute Gasteiger partial charge is 0.311 e. The van der Waals surface area contributed by atoms with Crippen LogP contribution in [0.4, 0.5) is 0 Å². The number of benzene rings is 2. The van der Waals surface area contributed by atoms with Crippen LogP contribution in [0.3, 0.4) is 0 Å². The van der Waals surface area contributed by atoms with Gasteiger partial charge in [-0.15, -0.1) is 0 Å². The van der Waals surface area contributed by atoms with Crippen LogP contribution in [-0.4, -0.2) is 18.7 Å². The van der Waals surface area contributed by atoms with E-state index in [1.807, 2.05) is 32.9 Å². The minimum atomic E-state index is -1.81. The second kappa shape index (κ2) is 10.7. The van der Waals surface area contributed by atoms with Crippen molar-refractivity contribution in [2.24, 2.45) is 5.41 Å². The first-order chi connectivity index (χ1) is 15.0. The molecule has 0 amide bonds. The van der Waals surface area contributed by atoms with Gasteiger partial charge in [-0.05, 0) is 64.3 Å². The Labute approximate surface area is 188 Å². The normalized spacial score (nSPS) is 13.5. The van der Waals surface area contributed by atoms with Crippen LogP contribution in [0.25, 0.3) is 0 Å². The van der Waals surface area contributed by atoms with Crippen molar-refractivity contribution in [1.29, 1.82) is 0 Å². The van der Waals surface area contributed by atoms with Gasteiger partial charge in [0.25, 0.3) is 0 Å². The summed E-state index contributed by atoms with van der Waals surface area (Å²) in [7, 11) is -1.81. The molecule has 0 saturated carbocycles. The van der Waals surface area contributed by atoms with Crippen molar-refractivity contribution in [1.82, 2.24) is 0 Å². The van der Waals surface area contributed by atoms with Gasteiger partial charge >= 0.3 is 5.97 Å². The molecule has 3 heteroatoms. The van der Waals surface area contributed by atoms with Gasteiger partial charge in [-0.3, -0.25) is 4.79 Å². The summed E-state index contributed by atoms with van der Waals surface area (Å²) in [4.78, 5) is 12.3. The zero-order valence-corrected chi connectivity index (χ0v) is 19.8. The second-order valence-corrected chi connectivity index (χ2v) is 12.1. The first-order valence-corrected chi connectivity index (χ1v) is 13.1. The zero-order valence-electron chi connectivity index (χ0n) is 18.9. The molecular weight excluding hydrogens is 399 g/mol. The fourth-order valence-corrected chi connectivity index (χ4v) is 8.56. The largest absolute Gasteiger partial charge is 0.466 e. The Balaban J connectivity index is 1.91. The average molecular weight is 433 g/mol. The minimum absolute atomic E-state index is 0.0965. The molecule has 0 unspecified atom stereocenters. The molecule has 2 nitrogen and oxygen atoms in total. The molecule has 0 saturated heterocycles. The molecule has 160 valence electrons. The second-order valence-electron chi connectivity index (χ2n) is 8.52. The summed E-state index contributed by atoms with van der Waals surface area (Å²) in [5.41, 5.74) is -0.446. The molecular formula is C28H33O2P+2. The Morgan fingerprint density at radius 3 is 2.10 bits per heavy atom. The number of ether oxygens (including phenoxy) is 1. The summed E-state index contributed by atoms with van der Waals surface area (Å²) < 4.78 is 5.28. The topological polar surface area (TPSA) is 26.3 Å². The van der Waals surface area contributed by atoms with Crippen molar-refractivity contribution in [2.45, 2.75) is 40.0 Å². The lowest BCUT2D eigenvalue weighted by Crippen LogP contribution is -2.28. The third-order valence-corrected chi connectivity index (χ3v) is 10.4. The number of carbonyl (C=O) groups is 1. The standard InChI is InChI=1S/C28H33O2P/c1-4-30-27(29)28(2,3)22-14-15-23-31(24-16-8-5-9-17-24,25-18-10-6-11-19-25)26-20-12-7-13-21-26/h5-6,8-13,16-21H,4,14-15,22-23H2,1-3H3/q+2. The van der Waals surface area contributed by atoms with Gasteiger partial charge in [0.15, 0.2) is 0 Å². The van der Waals surface area contributed by atoms with E-state index in [-0.39, 0.29) is 5.97 Å².